The molecule has 0 bridgehead atoms. The largest absolute Gasteiger partial charge is 0.484 e. The van der Waals surface area contributed by atoms with Crippen molar-refractivity contribution < 1.29 is 14.3 Å². The zero-order chi connectivity index (χ0) is 19.5. The molecule has 1 aromatic carbocycles. The van der Waals surface area contributed by atoms with E-state index in [-0.39, 0.29) is 30.5 Å². The lowest BCUT2D eigenvalue weighted by atomic mass is 10.1. The van der Waals surface area contributed by atoms with Crippen molar-refractivity contribution in [3.05, 3.63) is 53.6 Å². The van der Waals surface area contributed by atoms with Crippen LogP contribution >= 0.6 is 0 Å². The molecule has 0 spiro atoms. The lowest BCUT2D eigenvalue weighted by Crippen LogP contribution is -2.36. The summed E-state index contributed by atoms with van der Waals surface area (Å²) < 4.78 is 5.62. The maximum absolute atomic E-state index is 12.8. The molecule has 28 heavy (non-hydrogen) atoms. The lowest BCUT2D eigenvalue weighted by Gasteiger charge is -2.26. The third kappa shape index (κ3) is 4.13. The van der Waals surface area contributed by atoms with Gasteiger partial charge in [0.25, 0.3) is 11.8 Å². The Labute approximate surface area is 164 Å². The molecule has 1 N–H and O–H groups in total. The molecule has 1 saturated heterocycles. The van der Waals surface area contributed by atoms with E-state index in [0.29, 0.717) is 29.4 Å². The smallest absolute Gasteiger partial charge is 0.261 e. The number of hydrogen-bond acceptors (Lipinski definition) is 5. The summed E-state index contributed by atoms with van der Waals surface area (Å²) in [6, 6.07) is 9.30. The number of rotatable bonds is 6. The summed E-state index contributed by atoms with van der Waals surface area (Å²) in [5, 5.41) is 3.00. The predicted molar refractivity (Wildman–Crippen MR) is 103 cm³/mol. The topological polar surface area (TPSA) is 84.4 Å². The van der Waals surface area contributed by atoms with Gasteiger partial charge in [-0.1, -0.05) is 18.2 Å². The maximum Gasteiger partial charge on any atom is 0.261 e. The first kappa shape index (κ1) is 18.4. The molecular formula is C21H24N4O3. The summed E-state index contributed by atoms with van der Waals surface area (Å²) in [6.45, 7) is 2.40. The van der Waals surface area contributed by atoms with E-state index in [1.54, 1.807) is 18.0 Å². The van der Waals surface area contributed by atoms with Gasteiger partial charge in [-0.15, -0.1) is 0 Å². The fraction of sp³-hybridized carbons (Fsp3) is 0.429. The van der Waals surface area contributed by atoms with Crippen molar-refractivity contribution in [3.63, 3.8) is 0 Å². The minimum absolute atomic E-state index is 0.0335. The fourth-order valence-electron chi connectivity index (χ4n) is 3.50. The molecule has 2 heterocycles. The van der Waals surface area contributed by atoms with Gasteiger partial charge in [-0.3, -0.25) is 9.59 Å². The van der Waals surface area contributed by atoms with Gasteiger partial charge in [0.1, 0.15) is 11.6 Å². The van der Waals surface area contributed by atoms with Gasteiger partial charge in [0.15, 0.2) is 6.61 Å². The predicted octanol–water partition coefficient (Wildman–Crippen LogP) is 2.42. The van der Waals surface area contributed by atoms with Crippen molar-refractivity contribution in [2.24, 2.45) is 0 Å². The molecule has 1 saturated carbocycles. The van der Waals surface area contributed by atoms with E-state index in [0.717, 1.165) is 25.7 Å². The van der Waals surface area contributed by atoms with Crippen LogP contribution in [0.25, 0.3) is 0 Å². The number of para-hydroxylation sites is 1. The lowest BCUT2D eigenvalue weighted by molar-refractivity contribution is -0.134. The standard InChI is InChI=1S/C21H24N4O3/c1-14-22-12-17(21(27)24-15-9-10-15)20(23-14)18-8-5-11-25(18)19(26)13-28-16-6-3-2-4-7-16/h2-4,6-7,12,15,18H,5,8-11,13H2,1H3,(H,24,27)/t18-/m0/s1. The number of aryl methyl sites for hydroxylation is 1. The quantitative estimate of drug-likeness (QED) is 0.832. The molecule has 1 aliphatic carbocycles. The van der Waals surface area contributed by atoms with Crippen molar-refractivity contribution in [2.75, 3.05) is 13.2 Å². The first-order valence-electron chi connectivity index (χ1n) is 9.73. The number of benzene rings is 1. The van der Waals surface area contributed by atoms with Crippen molar-refractivity contribution in [2.45, 2.75) is 44.7 Å². The minimum atomic E-state index is -0.228. The fourth-order valence-corrected chi connectivity index (χ4v) is 3.50. The van der Waals surface area contributed by atoms with E-state index in [2.05, 4.69) is 15.3 Å². The number of aromatic nitrogens is 2. The van der Waals surface area contributed by atoms with E-state index < -0.39 is 0 Å². The van der Waals surface area contributed by atoms with Gasteiger partial charge in [0, 0.05) is 18.8 Å². The number of hydrogen-bond donors (Lipinski definition) is 1. The van der Waals surface area contributed by atoms with Crippen LogP contribution in [0.4, 0.5) is 0 Å². The van der Waals surface area contributed by atoms with Gasteiger partial charge in [-0.2, -0.15) is 0 Å². The molecule has 2 amide bonds. The van der Waals surface area contributed by atoms with E-state index in [1.807, 2.05) is 30.3 Å². The number of likely N-dealkylation sites (tertiary alicyclic amines) is 1. The third-order valence-corrected chi connectivity index (χ3v) is 5.09. The van der Waals surface area contributed by atoms with Crippen LogP contribution in [0, 0.1) is 6.92 Å². The average molecular weight is 380 g/mol. The molecule has 4 rings (SSSR count). The van der Waals surface area contributed by atoms with Crippen molar-refractivity contribution in [1.82, 2.24) is 20.2 Å². The van der Waals surface area contributed by atoms with Gasteiger partial charge < -0.3 is 15.0 Å². The molecule has 0 unspecified atom stereocenters. The third-order valence-electron chi connectivity index (χ3n) is 5.09. The van der Waals surface area contributed by atoms with Gasteiger partial charge in [0.2, 0.25) is 0 Å². The molecule has 0 radical (unpaired) electrons. The summed E-state index contributed by atoms with van der Waals surface area (Å²) in [7, 11) is 0. The number of nitrogens with one attached hydrogen (secondary N) is 1. The first-order valence-corrected chi connectivity index (χ1v) is 9.73. The number of carbonyl (C=O) groups is 2. The van der Waals surface area contributed by atoms with E-state index in [1.165, 1.54) is 0 Å². The second-order valence-corrected chi connectivity index (χ2v) is 7.31. The van der Waals surface area contributed by atoms with Crippen LogP contribution in [-0.2, 0) is 4.79 Å². The molecule has 1 aliphatic heterocycles. The summed E-state index contributed by atoms with van der Waals surface area (Å²) in [5.74, 6) is 1.00. The van der Waals surface area contributed by atoms with Crippen molar-refractivity contribution in [1.29, 1.82) is 0 Å². The van der Waals surface area contributed by atoms with E-state index in [4.69, 9.17) is 4.74 Å². The zero-order valence-corrected chi connectivity index (χ0v) is 15.9. The Bertz CT molecular complexity index is 867. The Kier molecular flexibility index (Phi) is 5.23. The number of carbonyl (C=O) groups excluding carboxylic acids is 2. The van der Waals surface area contributed by atoms with Crippen LogP contribution in [0.2, 0.25) is 0 Å². The van der Waals surface area contributed by atoms with Crippen molar-refractivity contribution >= 4 is 11.8 Å². The SMILES string of the molecule is Cc1ncc(C(=O)NC2CC2)c([C@@H]2CCCN2C(=O)COc2ccccc2)n1. The Morgan fingerprint density at radius 2 is 2.00 bits per heavy atom. The Morgan fingerprint density at radius 1 is 1.21 bits per heavy atom. The molecule has 1 aromatic heterocycles. The van der Waals surface area contributed by atoms with E-state index in [9.17, 15) is 9.59 Å². The molecule has 2 aliphatic rings. The highest BCUT2D eigenvalue weighted by molar-refractivity contribution is 5.95. The van der Waals surface area contributed by atoms with Crippen LogP contribution in [-0.4, -0.2) is 45.9 Å². The highest BCUT2D eigenvalue weighted by Gasteiger charge is 2.35. The minimum Gasteiger partial charge on any atom is -0.484 e. The number of ether oxygens (including phenoxy) is 1. The van der Waals surface area contributed by atoms with Gasteiger partial charge >= 0.3 is 0 Å². The highest BCUT2D eigenvalue weighted by Crippen LogP contribution is 2.33. The summed E-state index contributed by atoms with van der Waals surface area (Å²) in [4.78, 5) is 36.0. The zero-order valence-electron chi connectivity index (χ0n) is 15.9. The molecule has 1 atom stereocenters. The summed E-state index contributed by atoms with van der Waals surface area (Å²) >= 11 is 0. The van der Waals surface area contributed by atoms with Gasteiger partial charge in [-0.05, 0) is 44.7 Å². The molecule has 2 aromatic rings. The van der Waals surface area contributed by atoms with Crippen LogP contribution in [0.5, 0.6) is 5.75 Å². The van der Waals surface area contributed by atoms with Crippen LogP contribution in [0.3, 0.4) is 0 Å². The number of amides is 2. The van der Waals surface area contributed by atoms with Crippen LogP contribution in [0.15, 0.2) is 36.5 Å². The first-order chi connectivity index (χ1) is 13.6. The molecule has 146 valence electrons. The Hall–Kier alpha value is -2.96. The summed E-state index contributed by atoms with van der Waals surface area (Å²) in [5.41, 5.74) is 1.10. The monoisotopic (exact) mass is 380 g/mol. The van der Waals surface area contributed by atoms with Crippen molar-refractivity contribution in [3.8, 4) is 5.75 Å². The average Bonchev–Trinajstić information content (AvgIpc) is 3.38. The van der Waals surface area contributed by atoms with Gasteiger partial charge in [0.05, 0.1) is 17.3 Å². The van der Waals surface area contributed by atoms with Gasteiger partial charge in [-0.25, -0.2) is 9.97 Å². The second kappa shape index (κ2) is 7.96. The van der Waals surface area contributed by atoms with Crippen LogP contribution < -0.4 is 10.1 Å². The number of nitrogens with zero attached hydrogens (tertiary/aromatic N) is 3. The molecule has 7 heteroatoms. The normalized spacial score (nSPS) is 18.8. The Balaban J connectivity index is 1.51. The summed E-state index contributed by atoms with van der Waals surface area (Å²) in [6.07, 6.45) is 5.25. The molecule has 2 fully saturated rings. The van der Waals surface area contributed by atoms with E-state index >= 15 is 0 Å². The van der Waals surface area contributed by atoms with Crippen LogP contribution in [0.1, 0.15) is 53.6 Å². The Morgan fingerprint density at radius 3 is 2.75 bits per heavy atom. The highest BCUT2D eigenvalue weighted by atomic mass is 16.5. The molecular weight excluding hydrogens is 356 g/mol. The second-order valence-electron chi connectivity index (χ2n) is 7.31. The molecule has 7 nitrogen and oxygen atoms in total. The maximum atomic E-state index is 12.8.